The molecule has 0 atom stereocenters. The van der Waals surface area contributed by atoms with E-state index >= 15 is 0 Å². The summed E-state index contributed by atoms with van der Waals surface area (Å²) in [7, 11) is 0. The lowest BCUT2D eigenvalue weighted by Crippen LogP contribution is -2.00. The lowest BCUT2D eigenvalue weighted by atomic mass is 9.98. The van der Waals surface area contributed by atoms with Crippen molar-refractivity contribution in [1.29, 1.82) is 0 Å². The monoisotopic (exact) mass is 721 g/mol. The van der Waals surface area contributed by atoms with Crippen molar-refractivity contribution in [2.75, 3.05) is 0 Å². The average Bonchev–Trinajstić information content (AvgIpc) is 3.95. The second-order valence-corrected chi connectivity index (χ2v) is 15.0. The van der Waals surface area contributed by atoms with Gasteiger partial charge in [-0.05, 0) is 64.4 Å². The second-order valence-electron chi connectivity index (χ2n) is 13.9. The number of hydrogen-bond donors (Lipinski definition) is 0. The van der Waals surface area contributed by atoms with Gasteiger partial charge in [-0.3, -0.25) is 0 Å². The van der Waals surface area contributed by atoms with Crippen LogP contribution in [0.15, 0.2) is 173 Å². The maximum absolute atomic E-state index is 6.26. The fraction of sp³-hybridized carbons (Fsp3) is 0. The first-order valence-corrected chi connectivity index (χ1v) is 19.1. The SMILES string of the molecule is c1ccc2c(c1)oc1cccc(-c3ccc(-c4nc(-c5ccc6ccc7oc8ccccc8c7c6c5)nc(-c5cccc6sc7ccccc7c56)n4)cc3)c12. The average molecular weight is 722 g/mol. The first-order chi connectivity index (χ1) is 27.2. The number of hydrogen-bond acceptors (Lipinski definition) is 6. The van der Waals surface area contributed by atoms with Crippen LogP contribution in [0.1, 0.15) is 0 Å². The van der Waals surface area contributed by atoms with Crippen LogP contribution in [0.2, 0.25) is 0 Å². The van der Waals surface area contributed by atoms with Gasteiger partial charge < -0.3 is 8.83 Å². The summed E-state index contributed by atoms with van der Waals surface area (Å²) in [5.41, 5.74) is 8.51. The maximum Gasteiger partial charge on any atom is 0.164 e. The third-order valence-corrected chi connectivity index (χ3v) is 11.9. The maximum atomic E-state index is 6.26. The molecule has 0 saturated carbocycles. The molecule has 12 rings (SSSR count). The van der Waals surface area contributed by atoms with Gasteiger partial charge >= 0.3 is 0 Å². The third kappa shape index (κ3) is 4.68. The highest BCUT2D eigenvalue weighted by molar-refractivity contribution is 7.25. The first-order valence-electron chi connectivity index (χ1n) is 18.3. The Hall–Kier alpha value is -7.15. The molecule has 0 bridgehead atoms. The molecule has 0 radical (unpaired) electrons. The van der Waals surface area contributed by atoms with Crippen molar-refractivity contribution in [2.45, 2.75) is 0 Å². The topological polar surface area (TPSA) is 65.0 Å². The predicted octanol–water partition coefficient (Wildman–Crippen LogP) is 13.9. The van der Waals surface area contributed by atoms with Gasteiger partial charge in [-0.15, -0.1) is 11.3 Å². The molecule has 0 amide bonds. The van der Waals surface area contributed by atoms with E-state index in [9.17, 15) is 0 Å². The summed E-state index contributed by atoms with van der Waals surface area (Å²) in [6, 6.07) is 56.8. The molecule has 0 unspecified atom stereocenters. The summed E-state index contributed by atoms with van der Waals surface area (Å²) in [4.78, 5) is 15.7. The van der Waals surface area contributed by atoms with Crippen LogP contribution in [0.5, 0.6) is 0 Å². The Labute approximate surface area is 317 Å². The summed E-state index contributed by atoms with van der Waals surface area (Å²) in [5, 5.41) is 8.99. The standard InChI is InChI=1S/C49H27N3O2S/c1-4-14-38-33(9-1)44-32(12-7-16-40(44)53-38)28-19-22-30(23-20-28)47-50-48(52-49(51-47)36-13-8-18-43-46(36)35-11-3-6-17-42(35)55-43)31-24-21-29-25-26-41-45(37(29)27-31)34-10-2-5-15-39(34)54-41/h1-27H. The Bertz CT molecular complexity index is 3500. The Morgan fingerprint density at radius 3 is 1.73 bits per heavy atom. The van der Waals surface area contributed by atoms with Crippen molar-refractivity contribution in [1.82, 2.24) is 15.0 Å². The van der Waals surface area contributed by atoms with Crippen LogP contribution in [0.25, 0.3) is 120 Å². The Morgan fingerprint density at radius 2 is 0.909 bits per heavy atom. The minimum Gasteiger partial charge on any atom is -0.456 e. The van der Waals surface area contributed by atoms with Crippen LogP contribution in [0, 0.1) is 0 Å². The van der Waals surface area contributed by atoms with E-state index in [-0.39, 0.29) is 0 Å². The molecule has 0 saturated heterocycles. The van der Waals surface area contributed by atoms with Gasteiger partial charge in [0.25, 0.3) is 0 Å². The van der Waals surface area contributed by atoms with Gasteiger partial charge in [0.1, 0.15) is 22.3 Å². The Balaban J connectivity index is 1.06. The highest BCUT2D eigenvalue weighted by Gasteiger charge is 2.19. The van der Waals surface area contributed by atoms with Crippen LogP contribution < -0.4 is 0 Å². The second kappa shape index (κ2) is 11.7. The lowest BCUT2D eigenvalue weighted by Gasteiger charge is -2.11. The highest BCUT2D eigenvalue weighted by Crippen LogP contribution is 2.41. The van der Waals surface area contributed by atoms with Crippen molar-refractivity contribution in [2.24, 2.45) is 0 Å². The minimum atomic E-state index is 0.613. The zero-order valence-corrected chi connectivity index (χ0v) is 30.0. The summed E-state index contributed by atoms with van der Waals surface area (Å²) >= 11 is 1.79. The van der Waals surface area contributed by atoms with E-state index in [4.69, 9.17) is 23.8 Å². The van der Waals surface area contributed by atoms with Crippen LogP contribution in [0.4, 0.5) is 0 Å². The van der Waals surface area contributed by atoms with Gasteiger partial charge in [0.15, 0.2) is 17.5 Å². The van der Waals surface area contributed by atoms with Crippen molar-refractivity contribution in [3.8, 4) is 45.3 Å². The minimum absolute atomic E-state index is 0.613. The van der Waals surface area contributed by atoms with E-state index < -0.39 is 0 Å². The summed E-state index contributed by atoms with van der Waals surface area (Å²) in [6.07, 6.45) is 0. The molecule has 55 heavy (non-hydrogen) atoms. The smallest absolute Gasteiger partial charge is 0.164 e. The van der Waals surface area contributed by atoms with Crippen LogP contribution in [0.3, 0.4) is 0 Å². The molecule has 8 aromatic carbocycles. The summed E-state index contributed by atoms with van der Waals surface area (Å²) in [6.45, 7) is 0. The van der Waals surface area contributed by atoms with Crippen LogP contribution >= 0.6 is 11.3 Å². The van der Waals surface area contributed by atoms with Crippen LogP contribution in [-0.2, 0) is 0 Å². The fourth-order valence-electron chi connectivity index (χ4n) is 8.21. The number of furan rings is 2. The quantitative estimate of drug-likeness (QED) is 0.181. The van der Waals surface area contributed by atoms with E-state index in [1.54, 1.807) is 11.3 Å². The number of aromatic nitrogens is 3. The van der Waals surface area contributed by atoms with E-state index in [1.807, 2.05) is 30.3 Å². The number of benzene rings is 8. The molecule has 4 heterocycles. The summed E-state index contributed by atoms with van der Waals surface area (Å²) < 4.78 is 14.9. The van der Waals surface area contributed by atoms with Gasteiger partial charge in [0.2, 0.25) is 0 Å². The molecule has 0 aliphatic rings. The Kier molecular flexibility index (Phi) is 6.44. The number of nitrogens with zero attached hydrogens (tertiary/aromatic N) is 3. The number of fused-ring (bicyclic) bond motifs is 11. The van der Waals surface area contributed by atoms with Gasteiger partial charge in [-0.25, -0.2) is 15.0 Å². The van der Waals surface area contributed by atoms with Crippen molar-refractivity contribution in [3.63, 3.8) is 0 Å². The molecule has 256 valence electrons. The van der Waals surface area contributed by atoms with Crippen molar-refractivity contribution in [3.05, 3.63) is 164 Å². The predicted molar refractivity (Wildman–Crippen MR) is 227 cm³/mol. The van der Waals surface area contributed by atoms with Crippen LogP contribution in [-0.4, -0.2) is 15.0 Å². The molecular weight excluding hydrogens is 695 g/mol. The first kappa shape index (κ1) is 30.3. The molecule has 0 spiro atoms. The van der Waals surface area contributed by atoms with E-state index in [2.05, 4.69) is 133 Å². The molecule has 6 heteroatoms. The van der Waals surface area contributed by atoms with Gasteiger partial charge in [0, 0.05) is 58.4 Å². The number of thiophene rings is 1. The van der Waals surface area contributed by atoms with Gasteiger partial charge in [-0.1, -0.05) is 121 Å². The third-order valence-electron chi connectivity index (χ3n) is 10.8. The molecule has 0 aliphatic heterocycles. The molecule has 0 aliphatic carbocycles. The molecule has 12 aromatic rings. The van der Waals surface area contributed by atoms with Gasteiger partial charge in [-0.2, -0.15) is 0 Å². The van der Waals surface area contributed by atoms with E-state index in [0.717, 1.165) is 87.9 Å². The zero-order valence-electron chi connectivity index (χ0n) is 29.2. The largest absolute Gasteiger partial charge is 0.456 e. The highest BCUT2D eigenvalue weighted by atomic mass is 32.1. The van der Waals surface area contributed by atoms with Gasteiger partial charge in [0.05, 0.1) is 0 Å². The number of para-hydroxylation sites is 2. The molecule has 0 N–H and O–H groups in total. The normalized spacial score (nSPS) is 12.0. The van der Waals surface area contributed by atoms with Crippen molar-refractivity contribution >= 4 is 86.2 Å². The lowest BCUT2D eigenvalue weighted by molar-refractivity contribution is 0.668. The van der Waals surface area contributed by atoms with E-state index in [0.29, 0.717) is 17.5 Å². The number of rotatable bonds is 4. The van der Waals surface area contributed by atoms with Crippen molar-refractivity contribution < 1.29 is 8.83 Å². The fourth-order valence-corrected chi connectivity index (χ4v) is 9.34. The van der Waals surface area contributed by atoms with E-state index in [1.165, 1.54) is 14.8 Å². The Morgan fingerprint density at radius 1 is 0.345 bits per heavy atom. The molecular formula is C49H27N3O2S. The molecule has 5 nitrogen and oxygen atoms in total. The summed E-state index contributed by atoms with van der Waals surface area (Å²) in [5.74, 6) is 1.86. The molecule has 4 aromatic heterocycles. The zero-order chi connectivity index (χ0) is 36.0. The molecule has 0 fully saturated rings.